The van der Waals surface area contributed by atoms with Gasteiger partial charge >= 0.3 is 0 Å². The van der Waals surface area contributed by atoms with E-state index in [9.17, 15) is 9.59 Å². The quantitative estimate of drug-likeness (QED) is 0.732. The smallest absolute Gasteiger partial charge is 0.271 e. The molecule has 0 atom stereocenters. The van der Waals surface area contributed by atoms with Crippen LogP contribution in [-0.2, 0) is 11.2 Å². The highest BCUT2D eigenvalue weighted by Crippen LogP contribution is 2.31. The van der Waals surface area contributed by atoms with Gasteiger partial charge in [0.2, 0.25) is 5.91 Å². The minimum absolute atomic E-state index is 0.0330. The number of para-hydroxylation sites is 1. The number of likely N-dealkylation sites (tertiary alicyclic amines) is 1. The van der Waals surface area contributed by atoms with E-state index >= 15 is 0 Å². The average Bonchev–Trinajstić information content (AvgIpc) is 3.47. The van der Waals surface area contributed by atoms with Gasteiger partial charge in [-0.05, 0) is 49.1 Å². The fourth-order valence-electron chi connectivity index (χ4n) is 4.39. The minimum Gasteiger partial charge on any atom is -0.337 e. The number of anilines is 1. The van der Waals surface area contributed by atoms with Crippen LogP contribution in [0.1, 0.15) is 28.9 Å². The summed E-state index contributed by atoms with van der Waals surface area (Å²) in [5.41, 5.74) is 4.39. The third kappa shape index (κ3) is 3.36. The number of rotatable bonds is 3. The Morgan fingerprint density at radius 2 is 1.77 bits per heavy atom. The third-order valence-electron chi connectivity index (χ3n) is 6.07. The number of hydrogen-bond acceptors (Lipinski definition) is 4. The van der Waals surface area contributed by atoms with Gasteiger partial charge in [0.25, 0.3) is 5.91 Å². The number of carbonyl (C=O) groups is 2. The lowest BCUT2D eigenvalue weighted by Crippen LogP contribution is -2.44. The number of piperidine rings is 1. The largest absolute Gasteiger partial charge is 0.337 e. The van der Waals surface area contributed by atoms with Crippen LogP contribution in [0, 0.1) is 5.92 Å². The number of aromatic amines is 1. The van der Waals surface area contributed by atoms with Crippen molar-refractivity contribution in [1.82, 2.24) is 20.1 Å². The predicted octanol–water partition coefficient (Wildman–Crippen LogP) is 2.91. The van der Waals surface area contributed by atoms with Crippen molar-refractivity contribution in [3.8, 4) is 11.3 Å². The number of benzene rings is 1. The number of nitrogens with one attached hydrogen (secondary N) is 1. The lowest BCUT2D eigenvalue weighted by Gasteiger charge is -2.33. The van der Waals surface area contributed by atoms with E-state index in [-0.39, 0.29) is 17.7 Å². The Morgan fingerprint density at radius 1 is 1.00 bits per heavy atom. The summed E-state index contributed by atoms with van der Waals surface area (Å²) in [5, 5.41) is 7.11. The van der Waals surface area contributed by atoms with Crippen molar-refractivity contribution in [2.24, 2.45) is 5.92 Å². The highest BCUT2D eigenvalue weighted by molar-refractivity contribution is 5.97. The molecule has 0 aliphatic carbocycles. The van der Waals surface area contributed by atoms with Gasteiger partial charge in [-0.15, -0.1) is 0 Å². The average molecular weight is 401 g/mol. The Labute approximate surface area is 174 Å². The molecule has 3 aromatic rings. The van der Waals surface area contributed by atoms with Crippen LogP contribution in [0.4, 0.5) is 5.69 Å². The van der Waals surface area contributed by atoms with E-state index in [1.54, 1.807) is 18.5 Å². The zero-order valence-corrected chi connectivity index (χ0v) is 16.6. The van der Waals surface area contributed by atoms with E-state index in [0.29, 0.717) is 31.6 Å². The highest BCUT2D eigenvalue weighted by atomic mass is 16.2. The Bertz CT molecular complexity index is 1070. The number of pyridine rings is 1. The molecule has 2 aliphatic heterocycles. The third-order valence-corrected chi connectivity index (χ3v) is 6.07. The normalized spacial score (nSPS) is 16.5. The van der Waals surface area contributed by atoms with Gasteiger partial charge < -0.3 is 9.80 Å². The van der Waals surface area contributed by atoms with Crippen LogP contribution in [0.25, 0.3) is 11.3 Å². The van der Waals surface area contributed by atoms with E-state index in [1.807, 2.05) is 40.1 Å². The number of nitrogens with zero attached hydrogens (tertiary/aromatic N) is 4. The zero-order chi connectivity index (χ0) is 20.5. The van der Waals surface area contributed by atoms with Gasteiger partial charge in [0.1, 0.15) is 5.69 Å². The predicted molar refractivity (Wildman–Crippen MR) is 113 cm³/mol. The Kier molecular flexibility index (Phi) is 4.78. The van der Waals surface area contributed by atoms with Crippen LogP contribution in [0.2, 0.25) is 0 Å². The number of hydrogen-bond donors (Lipinski definition) is 1. The maximum absolute atomic E-state index is 13.1. The second-order valence-electron chi connectivity index (χ2n) is 7.84. The summed E-state index contributed by atoms with van der Waals surface area (Å²) in [6.45, 7) is 1.91. The molecule has 7 nitrogen and oxygen atoms in total. The van der Waals surface area contributed by atoms with Crippen LogP contribution >= 0.6 is 0 Å². The van der Waals surface area contributed by atoms with Crippen molar-refractivity contribution in [2.75, 3.05) is 24.5 Å². The van der Waals surface area contributed by atoms with E-state index in [1.165, 1.54) is 5.56 Å². The molecule has 2 amide bonds. The number of carbonyl (C=O) groups excluding carboxylic acids is 2. The van der Waals surface area contributed by atoms with E-state index in [0.717, 1.165) is 29.9 Å². The lowest BCUT2D eigenvalue weighted by atomic mass is 9.95. The number of fused-ring (bicyclic) bond motifs is 1. The summed E-state index contributed by atoms with van der Waals surface area (Å²) in [5.74, 6) is 0.0862. The molecule has 0 radical (unpaired) electrons. The van der Waals surface area contributed by atoms with Gasteiger partial charge in [0.05, 0.1) is 5.69 Å². The van der Waals surface area contributed by atoms with Crippen LogP contribution < -0.4 is 4.90 Å². The summed E-state index contributed by atoms with van der Waals surface area (Å²) in [7, 11) is 0. The Hall–Kier alpha value is -3.48. The molecule has 4 heterocycles. The summed E-state index contributed by atoms with van der Waals surface area (Å²) < 4.78 is 0. The topological polar surface area (TPSA) is 82.2 Å². The van der Waals surface area contributed by atoms with E-state index < -0.39 is 0 Å². The van der Waals surface area contributed by atoms with Crippen LogP contribution in [0.15, 0.2) is 54.9 Å². The number of H-pyrrole nitrogens is 1. The van der Waals surface area contributed by atoms with Crippen molar-refractivity contribution >= 4 is 17.5 Å². The first-order valence-electron chi connectivity index (χ1n) is 10.3. The highest BCUT2D eigenvalue weighted by Gasteiger charge is 2.33. The Morgan fingerprint density at radius 3 is 2.57 bits per heavy atom. The summed E-state index contributed by atoms with van der Waals surface area (Å²) in [6.07, 6.45) is 5.69. The first-order valence-corrected chi connectivity index (χ1v) is 10.3. The van der Waals surface area contributed by atoms with Gasteiger partial charge in [-0.3, -0.25) is 19.7 Å². The molecule has 152 valence electrons. The van der Waals surface area contributed by atoms with E-state index in [4.69, 9.17) is 0 Å². The molecule has 0 spiro atoms. The molecule has 2 aromatic heterocycles. The van der Waals surface area contributed by atoms with Crippen molar-refractivity contribution in [3.05, 3.63) is 66.1 Å². The fraction of sp³-hybridized carbons (Fsp3) is 0.304. The Balaban J connectivity index is 1.22. The molecule has 1 fully saturated rings. The SMILES string of the molecule is O=C(c1cc(-c2ccncc2)n[nH]1)N1CCC(C(=O)N2CCc3ccccc32)CC1. The fourth-order valence-corrected chi connectivity index (χ4v) is 4.39. The van der Waals surface area contributed by atoms with Crippen molar-refractivity contribution in [2.45, 2.75) is 19.3 Å². The maximum atomic E-state index is 13.1. The molecule has 7 heteroatoms. The van der Waals surface area contributed by atoms with Gasteiger partial charge in [0.15, 0.2) is 0 Å². The van der Waals surface area contributed by atoms with Crippen LogP contribution in [-0.4, -0.2) is 51.5 Å². The summed E-state index contributed by atoms with van der Waals surface area (Å²) >= 11 is 0. The standard InChI is InChI=1S/C23H23N5O2/c29-22(28-14-9-17-3-1-2-4-21(17)28)18-7-12-27(13-8-18)23(30)20-15-19(25-26-20)16-5-10-24-11-6-16/h1-6,10-11,15,18H,7-9,12-14H2,(H,25,26). The van der Waals surface area contributed by atoms with Gasteiger partial charge in [0, 0.05) is 49.2 Å². The second-order valence-corrected chi connectivity index (χ2v) is 7.84. The molecule has 0 unspecified atom stereocenters. The van der Waals surface area contributed by atoms with Crippen molar-refractivity contribution in [3.63, 3.8) is 0 Å². The molecule has 0 bridgehead atoms. The second kappa shape index (κ2) is 7.74. The van der Waals surface area contributed by atoms with Gasteiger partial charge in [-0.25, -0.2) is 0 Å². The monoisotopic (exact) mass is 401 g/mol. The van der Waals surface area contributed by atoms with Crippen LogP contribution in [0.5, 0.6) is 0 Å². The first-order chi connectivity index (χ1) is 14.7. The molecule has 1 saturated heterocycles. The minimum atomic E-state index is -0.0692. The molecule has 2 aliphatic rings. The van der Waals surface area contributed by atoms with Crippen LogP contribution in [0.3, 0.4) is 0 Å². The lowest BCUT2D eigenvalue weighted by molar-refractivity contribution is -0.123. The van der Waals surface area contributed by atoms with Gasteiger partial charge in [-0.1, -0.05) is 18.2 Å². The summed E-state index contributed by atoms with van der Waals surface area (Å²) in [4.78, 5) is 33.7. The molecule has 1 N–H and O–H groups in total. The molecule has 30 heavy (non-hydrogen) atoms. The molecule has 5 rings (SSSR count). The van der Waals surface area contributed by atoms with Crippen molar-refractivity contribution < 1.29 is 9.59 Å². The molecule has 0 saturated carbocycles. The first kappa shape index (κ1) is 18.5. The number of aromatic nitrogens is 3. The molecular formula is C23H23N5O2. The van der Waals surface area contributed by atoms with E-state index in [2.05, 4.69) is 21.2 Å². The zero-order valence-electron chi connectivity index (χ0n) is 16.6. The molecular weight excluding hydrogens is 378 g/mol. The van der Waals surface area contributed by atoms with Gasteiger partial charge in [-0.2, -0.15) is 5.10 Å². The maximum Gasteiger partial charge on any atom is 0.271 e. The molecule has 1 aromatic carbocycles. The summed E-state index contributed by atoms with van der Waals surface area (Å²) in [6, 6.07) is 13.6. The number of amides is 2. The van der Waals surface area contributed by atoms with Crippen molar-refractivity contribution in [1.29, 1.82) is 0 Å².